The number of benzene rings is 1. The fourth-order valence-corrected chi connectivity index (χ4v) is 1.50. The second kappa shape index (κ2) is 6.19. The molecule has 104 valence electrons. The zero-order valence-corrected chi connectivity index (χ0v) is 10.2. The molecule has 0 unspecified atom stereocenters. The fraction of sp³-hybridized carbons (Fsp3) is 0.364. The number of carbonyl (C=O) groups excluding carboxylic acids is 1. The highest BCUT2D eigenvalue weighted by Gasteiger charge is 2.25. The molecule has 8 heteroatoms. The lowest BCUT2D eigenvalue weighted by Gasteiger charge is -2.17. The van der Waals surface area contributed by atoms with Gasteiger partial charge in [0.15, 0.2) is 0 Å². The number of rotatable bonds is 5. The molecule has 1 aromatic carbocycles. The molecule has 2 N–H and O–H groups in total. The zero-order chi connectivity index (χ0) is 14.6. The molecule has 0 radical (unpaired) electrons. The number of carbonyl (C=O) groups is 1. The molecule has 0 saturated heterocycles. The van der Waals surface area contributed by atoms with Crippen molar-refractivity contribution in [3.8, 4) is 0 Å². The van der Waals surface area contributed by atoms with Crippen molar-refractivity contribution < 1.29 is 18.5 Å². The SMILES string of the molecule is CN(CCCN)C(=O)c1cc(F)cc([N+](=O)[O-])c1F. The lowest BCUT2D eigenvalue weighted by atomic mass is 10.1. The average Bonchev–Trinajstić information content (AvgIpc) is 2.37. The first-order valence-corrected chi connectivity index (χ1v) is 5.47. The Morgan fingerprint density at radius 3 is 2.63 bits per heavy atom. The Morgan fingerprint density at radius 1 is 1.47 bits per heavy atom. The van der Waals surface area contributed by atoms with E-state index in [0.717, 1.165) is 4.90 Å². The molecule has 19 heavy (non-hydrogen) atoms. The second-order valence-corrected chi connectivity index (χ2v) is 3.91. The molecule has 6 nitrogen and oxygen atoms in total. The van der Waals surface area contributed by atoms with Crippen molar-refractivity contribution in [3.05, 3.63) is 39.4 Å². The van der Waals surface area contributed by atoms with Gasteiger partial charge in [-0.3, -0.25) is 14.9 Å². The van der Waals surface area contributed by atoms with Gasteiger partial charge in [0.05, 0.1) is 16.6 Å². The van der Waals surface area contributed by atoms with Gasteiger partial charge in [0.25, 0.3) is 5.91 Å². The molecule has 1 aromatic rings. The molecule has 0 aliphatic carbocycles. The Hall–Kier alpha value is -2.09. The van der Waals surface area contributed by atoms with E-state index in [1.54, 1.807) is 0 Å². The van der Waals surface area contributed by atoms with Crippen LogP contribution in [0.15, 0.2) is 12.1 Å². The van der Waals surface area contributed by atoms with Crippen LogP contribution in [0.1, 0.15) is 16.8 Å². The van der Waals surface area contributed by atoms with Gasteiger partial charge in [-0.05, 0) is 19.0 Å². The smallest absolute Gasteiger partial charge is 0.308 e. The van der Waals surface area contributed by atoms with Crippen molar-refractivity contribution in [2.45, 2.75) is 6.42 Å². The van der Waals surface area contributed by atoms with Gasteiger partial charge in [-0.2, -0.15) is 4.39 Å². The molecule has 0 atom stereocenters. The summed E-state index contributed by atoms with van der Waals surface area (Å²) in [5, 5.41) is 10.5. The van der Waals surface area contributed by atoms with Crippen LogP contribution in [-0.2, 0) is 0 Å². The Kier molecular flexibility index (Phi) is 4.87. The van der Waals surface area contributed by atoms with Gasteiger partial charge in [0, 0.05) is 13.6 Å². The lowest BCUT2D eigenvalue weighted by molar-refractivity contribution is -0.387. The number of hydrogen-bond donors (Lipinski definition) is 1. The maximum Gasteiger partial charge on any atom is 0.308 e. The number of hydrogen-bond acceptors (Lipinski definition) is 4. The Balaban J connectivity index is 3.13. The fourth-order valence-electron chi connectivity index (χ4n) is 1.50. The third-order valence-corrected chi connectivity index (χ3v) is 2.49. The minimum atomic E-state index is -1.34. The summed E-state index contributed by atoms with van der Waals surface area (Å²) in [6, 6.07) is 1.08. The summed E-state index contributed by atoms with van der Waals surface area (Å²) in [7, 11) is 1.38. The van der Waals surface area contributed by atoms with E-state index < -0.39 is 33.7 Å². The number of nitro benzene ring substituents is 1. The van der Waals surface area contributed by atoms with Gasteiger partial charge in [-0.15, -0.1) is 0 Å². The molecule has 1 rings (SSSR count). The maximum atomic E-state index is 13.8. The first-order chi connectivity index (χ1) is 8.88. The van der Waals surface area contributed by atoms with Crippen LogP contribution in [-0.4, -0.2) is 35.9 Å². The summed E-state index contributed by atoms with van der Waals surface area (Å²) >= 11 is 0. The third-order valence-electron chi connectivity index (χ3n) is 2.49. The summed E-state index contributed by atoms with van der Waals surface area (Å²) in [6.07, 6.45) is 0.487. The lowest BCUT2D eigenvalue weighted by Crippen LogP contribution is -2.30. The Labute approximate surface area is 108 Å². The average molecular weight is 273 g/mol. The predicted molar refractivity (Wildman–Crippen MR) is 63.6 cm³/mol. The number of amides is 1. The number of halogens is 2. The summed E-state index contributed by atoms with van der Waals surface area (Å²) in [5.41, 5.74) is 3.55. The predicted octanol–water partition coefficient (Wildman–Crippen LogP) is 1.29. The minimum Gasteiger partial charge on any atom is -0.342 e. The summed E-state index contributed by atoms with van der Waals surface area (Å²) < 4.78 is 26.9. The quantitative estimate of drug-likeness (QED) is 0.646. The van der Waals surface area contributed by atoms with Crippen LogP contribution < -0.4 is 5.73 Å². The van der Waals surface area contributed by atoms with E-state index in [4.69, 9.17) is 5.73 Å². The van der Waals surface area contributed by atoms with Crippen LogP contribution in [0.5, 0.6) is 0 Å². The molecule has 1 amide bonds. The van der Waals surface area contributed by atoms with E-state index in [1.165, 1.54) is 7.05 Å². The first-order valence-electron chi connectivity index (χ1n) is 5.47. The summed E-state index contributed by atoms with van der Waals surface area (Å²) in [5.74, 6) is -3.20. The summed E-state index contributed by atoms with van der Waals surface area (Å²) in [4.78, 5) is 22.5. The molecule has 0 saturated carbocycles. The highest BCUT2D eigenvalue weighted by Crippen LogP contribution is 2.23. The summed E-state index contributed by atoms with van der Waals surface area (Å²) in [6.45, 7) is 0.586. The molecular weight excluding hydrogens is 260 g/mol. The first kappa shape index (κ1) is 15.0. The molecule has 0 aliphatic rings. The van der Waals surface area contributed by atoms with Crippen LogP contribution in [0, 0.1) is 21.7 Å². The Bertz CT molecular complexity index is 508. The van der Waals surface area contributed by atoms with E-state index in [1.807, 2.05) is 0 Å². The van der Waals surface area contributed by atoms with Gasteiger partial charge in [-0.1, -0.05) is 0 Å². The van der Waals surface area contributed by atoms with Crippen molar-refractivity contribution in [1.82, 2.24) is 4.90 Å². The molecule has 0 bridgehead atoms. The number of nitro groups is 1. The third kappa shape index (κ3) is 3.44. The van der Waals surface area contributed by atoms with Gasteiger partial charge in [-0.25, -0.2) is 4.39 Å². The van der Waals surface area contributed by atoms with E-state index in [9.17, 15) is 23.7 Å². The normalized spacial score (nSPS) is 10.3. The second-order valence-electron chi connectivity index (χ2n) is 3.91. The monoisotopic (exact) mass is 273 g/mol. The van der Waals surface area contributed by atoms with Crippen molar-refractivity contribution in [2.75, 3.05) is 20.1 Å². The largest absolute Gasteiger partial charge is 0.342 e. The molecule has 0 aromatic heterocycles. The van der Waals surface area contributed by atoms with Crippen LogP contribution in [0.3, 0.4) is 0 Å². The zero-order valence-electron chi connectivity index (χ0n) is 10.2. The molecule has 0 aliphatic heterocycles. The van der Waals surface area contributed by atoms with Gasteiger partial charge in [0.2, 0.25) is 5.82 Å². The van der Waals surface area contributed by atoms with E-state index in [2.05, 4.69) is 0 Å². The minimum absolute atomic E-state index is 0.249. The Morgan fingerprint density at radius 2 is 2.11 bits per heavy atom. The number of nitrogens with two attached hydrogens (primary N) is 1. The topological polar surface area (TPSA) is 89.5 Å². The van der Waals surface area contributed by atoms with E-state index in [-0.39, 0.29) is 6.54 Å². The molecular formula is C11H13F2N3O3. The van der Waals surface area contributed by atoms with Crippen molar-refractivity contribution >= 4 is 11.6 Å². The number of nitrogens with zero attached hydrogens (tertiary/aromatic N) is 2. The molecule has 0 spiro atoms. The van der Waals surface area contributed by atoms with Gasteiger partial charge in [0.1, 0.15) is 5.82 Å². The van der Waals surface area contributed by atoms with Crippen LogP contribution in [0.4, 0.5) is 14.5 Å². The van der Waals surface area contributed by atoms with Crippen molar-refractivity contribution in [2.24, 2.45) is 5.73 Å². The van der Waals surface area contributed by atoms with Crippen LogP contribution in [0.2, 0.25) is 0 Å². The molecule has 0 heterocycles. The molecule has 0 fully saturated rings. The van der Waals surface area contributed by atoms with Crippen molar-refractivity contribution in [3.63, 3.8) is 0 Å². The van der Waals surface area contributed by atoms with E-state index >= 15 is 0 Å². The highest BCUT2D eigenvalue weighted by atomic mass is 19.1. The maximum absolute atomic E-state index is 13.8. The van der Waals surface area contributed by atoms with Crippen LogP contribution >= 0.6 is 0 Å². The van der Waals surface area contributed by atoms with E-state index in [0.29, 0.717) is 25.1 Å². The van der Waals surface area contributed by atoms with Gasteiger partial charge < -0.3 is 10.6 Å². The van der Waals surface area contributed by atoms with Crippen LogP contribution in [0.25, 0.3) is 0 Å². The standard InChI is InChI=1S/C11H13F2N3O3/c1-15(4-2-3-14)11(17)8-5-7(12)6-9(10(8)13)16(18)19/h5-6H,2-4,14H2,1H3. The van der Waals surface area contributed by atoms with Gasteiger partial charge >= 0.3 is 5.69 Å². The highest BCUT2D eigenvalue weighted by molar-refractivity contribution is 5.95. The van der Waals surface area contributed by atoms with Crippen molar-refractivity contribution in [1.29, 1.82) is 0 Å².